The molecule has 0 aliphatic heterocycles. The molecule has 0 saturated heterocycles. The Hall–Kier alpha value is -3.04. The second-order valence-electron chi connectivity index (χ2n) is 6.51. The van der Waals surface area contributed by atoms with Gasteiger partial charge in [0.1, 0.15) is 0 Å². The smallest absolute Gasteiger partial charge is 0.331 e. The van der Waals surface area contributed by atoms with Crippen LogP contribution in [-0.2, 0) is 14.3 Å². The molecule has 5 nitrogen and oxygen atoms in total. The molecule has 29 heavy (non-hydrogen) atoms. The molecule has 2 aromatic rings. The van der Waals surface area contributed by atoms with E-state index in [4.69, 9.17) is 10.00 Å². The second-order valence-corrected chi connectivity index (χ2v) is 7.39. The Bertz CT molecular complexity index is 910. The van der Waals surface area contributed by atoms with Gasteiger partial charge in [-0.1, -0.05) is 18.2 Å². The van der Waals surface area contributed by atoms with Crippen LogP contribution in [0.3, 0.4) is 0 Å². The first-order valence-electron chi connectivity index (χ1n) is 9.17. The van der Waals surface area contributed by atoms with E-state index in [1.54, 1.807) is 17.8 Å². The van der Waals surface area contributed by atoms with Gasteiger partial charge in [0.2, 0.25) is 0 Å². The first-order chi connectivity index (χ1) is 13.9. The van der Waals surface area contributed by atoms with Gasteiger partial charge in [0, 0.05) is 23.2 Å². The molecule has 1 amide bonds. The van der Waals surface area contributed by atoms with Gasteiger partial charge in [0.25, 0.3) is 5.91 Å². The third-order valence-electron chi connectivity index (χ3n) is 4.13. The van der Waals surface area contributed by atoms with Gasteiger partial charge in [0.05, 0.1) is 12.5 Å². The monoisotopic (exact) mass is 408 g/mol. The molecule has 0 aliphatic rings. The summed E-state index contributed by atoms with van der Waals surface area (Å²) >= 11 is 1.64. The summed E-state index contributed by atoms with van der Waals surface area (Å²) in [5.74, 6) is -0.954. The zero-order chi connectivity index (χ0) is 21.2. The zero-order valence-corrected chi connectivity index (χ0v) is 17.7. The Morgan fingerprint density at radius 2 is 1.79 bits per heavy atom. The number of carbonyl (C=O) groups is 2. The third-order valence-corrected chi connectivity index (χ3v) is 4.88. The highest BCUT2D eigenvalue weighted by atomic mass is 32.2. The van der Waals surface area contributed by atoms with Crippen molar-refractivity contribution in [2.24, 2.45) is 0 Å². The topological polar surface area (TPSA) is 70.4 Å². The minimum atomic E-state index is -0.590. The zero-order valence-electron chi connectivity index (χ0n) is 16.8. The largest absolute Gasteiger partial charge is 0.452 e. The standard InChI is InChI=1S/C23H24N2O3S/c1-17-13-18(2)15-20(14-17)25(12-4-11-24)22(26)16-28-23(27)10-7-19-5-8-21(29-3)9-6-19/h5-10,13-15H,4,12,16H2,1-3H3/b10-7+. The summed E-state index contributed by atoms with van der Waals surface area (Å²) in [4.78, 5) is 27.2. The molecule has 0 bridgehead atoms. The number of carbonyl (C=O) groups excluding carboxylic acids is 2. The summed E-state index contributed by atoms with van der Waals surface area (Å²) in [6.07, 6.45) is 5.14. The Balaban J connectivity index is 2.00. The molecule has 0 atom stereocenters. The third kappa shape index (κ3) is 7.13. The summed E-state index contributed by atoms with van der Waals surface area (Å²) in [6, 6.07) is 15.6. The van der Waals surface area contributed by atoms with Crippen molar-refractivity contribution in [1.82, 2.24) is 0 Å². The van der Waals surface area contributed by atoms with E-state index in [0.717, 1.165) is 21.6 Å². The summed E-state index contributed by atoms with van der Waals surface area (Å²) in [6.45, 7) is 3.75. The predicted molar refractivity (Wildman–Crippen MR) is 117 cm³/mol. The summed E-state index contributed by atoms with van der Waals surface area (Å²) in [5, 5.41) is 8.90. The average Bonchev–Trinajstić information content (AvgIpc) is 2.70. The molecule has 0 aromatic heterocycles. The Labute approximate surface area is 176 Å². The molecule has 0 saturated carbocycles. The van der Waals surface area contributed by atoms with E-state index in [-0.39, 0.29) is 25.5 Å². The van der Waals surface area contributed by atoms with E-state index >= 15 is 0 Å². The Morgan fingerprint density at radius 1 is 1.14 bits per heavy atom. The van der Waals surface area contributed by atoms with Gasteiger partial charge in [0.15, 0.2) is 6.61 Å². The van der Waals surface area contributed by atoms with Gasteiger partial charge in [-0.2, -0.15) is 5.26 Å². The molecule has 0 unspecified atom stereocenters. The fraction of sp³-hybridized carbons (Fsp3) is 0.261. The molecule has 0 aliphatic carbocycles. The van der Waals surface area contributed by atoms with E-state index in [0.29, 0.717) is 5.69 Å². The van der Waals surface area contributed by atoms with Crippen LogP contribution < -0.4 is 4.90 Å². The van der Waals surface area contributed by atoms with Crippen LogP contribution in [0.1, 0.15) is 23.1 Å². The van der Waals surface area contributed by atoms with E-state index in [1.165, 1.54) is 11.0 Å². The lowest BCUT2D eigenvalue weighted by Crippen LogP contribution is -2.35. The second kappa shape index (κ2) is 11.1. The number of aryl methyl sites for hydroxylation is 2. The fourth-order valence-electron chi connectivity index (χ4n) is 2.80. The summed E-state index contributed by atoms with van der Waals surface area (Å²) < 4.78 is 5.11. The minimum Gasteiger partial charge on any atom is -0.452 e. The fourth-order valence-corrected chi connectivity index (χ4v) is 3.21. The maximum atomic E-state index is 12.6. The van der Waals surface area contributed by atoms with E-state index in [1.807, 2.05) is 68.6 Å². The molecule has 0 radical (unpaired) electrons. The number of esters is 1. The van der Waals surface area contributed by atoms with Gasteiger partial charge in [-0.15, -0.1) is 11.8 Å². The number of rotatable bonds is 8. The quantitative estimate of drug-likeness (QED) is 0.365. The summed E-state index contributed by atoms with van der Waals surface area (Å²) in [5.41, 5.74) is 3.60. The van der Waals surface area contributed by atoms with Gasteiger partial charge in [-0.3, -0.25) is 4.79 Å². The molecule has 0 fully saturated rings. The van der Waals surface area contributed by atoms with E-state index in [9.17, 15) is 9.59 Å². The summed E-state index contributed by atoms with van der Waals surface area (Å²) in [7, 11) is 0. The van der Waals surface area contributed by atoms with Crippen molar-refractivity contribution in [2.45, 2.75) is 25.2 Å². The van der Waals surface area contributed by atoms with Crippen LogP contribution in [0.5, 0.6) is 0 Å². The molecule has 2 rings (SSSR count). The van der Waals surface area contributed by atoms with Gasteiger partial charge < -0.3 is 9.64 Å². The van der Waals surface area contributed by atoms with Crippen molar-refractivity contribution < 1.29 is 14.3 Å². The van der Waals surface area contributed by atoms with Crippen LogP contribution in [0.4, 0.5) is 5.69 Å². The SMILES string of the molecule is CSc1ccc(/C=C/C(=O)OCC(=O)N(CCC#N)c2cc(C)cc(C)c2)cc1. The van der Waals surface area contributed by atoms with Crippen molar-refractivity contribution in [3.05, 3.63) is 65.2 Å². The number of amides is 1. The van der Waals surface area contributed by atoms with Gasteiger partial charge in [-0.05, 0) is 67.1 Å². The molecule has 0 spiro atoms. The van der Waals surface area contributed by atoms with Crippen molar-refractivity contribution in [3.8, 4) is 6.07 Å². The van der Waals surface area contributed by atoms with Crippen molar-refractivity contribution in [3.63, 3.8) is 0 Å². The van der Waals surface area contributed by atoms with Crippen molar-refractivity contribution in [1.29, 1.82) is 5.26 Å². The number of hydrogen-bond acceptors (Lipinski definition) is 5. The van der Waals surface area contributed by atoms with Crippen molar-refractivity contribution in [2.75, 3.05) is 24.3 Å². The molecule has 0 heterocycles. The highest BCUT2D eigenvalue weighted by Crippen LogP contribution is 2.20. The lowest BCUT2D eigenvalue weighted by Gasteiger charge is -2.22. The maximum Gasteiger partial charge on any atom is 0.331 e. The van der Waals surface area contributed by atoms with Crippen LogP contribution in [-0.4, -0.2) is 31.3 Å². The molecule has 0 N–H and O–H groups in total. The maximum absolute atomic E-state index is 12.6. The Morgan fingerprint density at radius 3 is 2.38 bits per heavy atom. The number of ether oxygens (including phenoxy) is 1. The lowest BCUT2D eigenvalue weighted by atomic mass is 10.1. The van der Waals surface area contributed by atoms with E-state index < -0.39 is 5.97 Å². The highest BCUT2D eigenvalue weighted by Gasteiger charge is 2.17. The Kier molecular flexibility index (Phi) is 8.50. The first kappa shape index (κ1) is 22.3. The van der Waals surface area contributed by atoms with Crippen LogP contribution in [0.2, 0.25) is 0 Å². The number of benzene rings is 2. The molecule has 150 valence electrons. The molecule has 2 aromatic carbocycles. The lowest BCUT2D eigenvalue weighted by molar-refractivity contribution is -0.142. The molecular weight excluding hydrogens is 384 g/mol. The first-order valence-corrected chi connectivity index (χ1v) is 10.4. The average molecular weight is 409 g/mol. The predicted octanol–water partition coefficient (Wildman–Crippen LogP) is 4.53. The number of hydrogen-bond donors (Lipinski definition) is 0. The molecular formula is C23H24N2O3S. The number of nitriles is 1. The van der Waals surface area contributed by atoms with Crippen LogP contribution in [0, 0.1) is 25.2 Å². The van der Waals surface area contributed by atoms with Crippen LogP contribution in [0.15, 0.2) is 53.4 Å². The van der Waals surface area contributed by atoms with E-state index in [2.05, 4.69) is 0 Å². The number of thioether (sulfide) groups is 1. The molecule has 6 heteroatoms. The van der Waals surface area contributed by atoms with Crippen LogP contribution in [0.25, 0.3) is 6.08 Å². The number of anilines is 1. The highest BCUT2D eigenvalue weighted by molar-refractivity contribution is 7.98. The normalized spacial score (nSPS) is 10.6. The van der Waals surface area contributed by atoms with Crippen LogP contribution >= 0.6 is 11.8 Å². The van der Waals surface area contributed by atoms with Gasteiger partial charge >= 0.3 is 5.97 Å². The number of nitrogens with zero attached hydrogens (tertiary/aromatic N) is 2. The van der Waals surface area contributed by atoms with Crippen molar-refractivity contribution >= 4 is 35.4 Å². The van der Waals surface area contributed by atoms with Gasteiger partial charge in [-0.25, -0.2) is 4.79 Å². The minimum absolute atomic E-state index is 0.193.